The van der Waals surface area contributed by atoms with Gasteiger partial charge in [0.25, 0.3) is 0 Å². The Labute approximate surface area is 136 Å². The van der Waals surface area contributed by atoms with E-state index in [9.17, 15) is 8.78 Å². The highest BCUT2D eigenvalue weighted by Crippen LogP contribution is 2.24. The molecule has 0 saturated carbocycles. The predicted molar refractivity (Wildman–Crippen MR) is 86.5 cm³/mol. The molecule has 2 saturated heterocycles. The first-order chi connectivity index (χ1) is 11.1. The topological polar surface area (TPSA) is 38.5 Å². The number of halogens is 2. The van der Waals surface area contributed by atoms with E-state index in [1.54, 1.807) is 0 Å². The second kappa shape index (κ2) is 7.69. The van der Waals surface area contributed by atoms with Crippen molar-refractivity contribution in [3.63, 3.8) is 0 Å². The van der Waals surface area contributed by atoms with Crippen LogP contribution in [0.4, 0.5) is 8.78 Å². The molecule has 3 nitrogen and oxygen atoms in total. The average Bonchev–Trinajstić information content (AvgIpc) is 2.56. The van der Waals surface area contributed by atoms with E-state index in [2.05, 4.69) is 4.90 Å². The Balaban J connectivity index is 1.44. The molecule has 0 aromatic heterocycles. The minimum Gasteiger partial charge on any atom is -0.375 e. The van der Waals surface area contributed by atoms with Crippen LogP contribution in [-0.2, 0) is 11.2 Å². The average molecular weight is 324 g/mol. The molecule has 2 aliphatic rings. The largest absolute Gasteiger partial charge is 0.375 e. The van der Waals surface area contributed by atoms with Gasteiger partial charge in [-0.25, -0.2) is 8.78 Å². The molecule has 1 aromatic rings. The van der Waals surface area contributed by atoms with E-state index in [0.29, 0.717) is 18.9 Å². The highest BCUT2D eigenvalue weighted by atomic mass is 19.1. The molecule has 3 unspecified atom stereocenters. The Kier molecular flexibility index (Phi) is 5.62. The van der Waals surface area contributed by atoms with Gasteiger partial charge < -0.3 is 15.4 Å². The lowest BCUT2D eigenvalue weighted by Gasteiger charge is -2.38. The number of benzene rings is 1. The summed E-state index contributed by atoms with van der Waals surface area (Å²) in [6.45, 7) is 3.19. The van der Waals surface area contributed by atoms with Crippen molar-refractivity contribution in [2.45, 2.75) is 44.0 Å². The van der Waals surface area contributed by atoms with Gasteiger partial charge >= 0.3 is 0 Å². The van der Waals surface area contributed by atoms with Crippen LogP contribution in [0.25, 0.3) is 0 Å². The van der Waals surface area contributed by atoms with Crippen LogP contribution < -0.4 is 5.73 Å². The summed E-state index contributed by atoms with van der Waals surface area (Å²) in [5.41, 5.74) is 7.12. The lowest BCUT2D eigenvalue weighted by molar-refractivity contribution is -0.0525. The third kappa shape index (κ3) is 4.49. The summed E-state index contributed by atoms with van der Waals surface area (Å²) in [5, 5.41) is 0. The van der Waals surface area contributed by atoms with Gasteiger partial charge in [0.1, 0.15) is 12.0 Å². The predicted octanol–water partition coefficient (Wildman–Crippen LogP) is 2.53. The van der Waals surface area contributed by atoms with Crippen molar-refractivity contribution < 1.29 is 13.5 Å². The SMILES string of the molecule is NC1C(F)CCOC1CN1CCC(Cc2ccc(F)cc2)CC1. The molecule has 2 heterocycles. The lowest BCUT2D eigenvalue weighted by Crippen LogP contribution is -2.54. The van der Waals surface area contributed by atoms with Gasteiger partial charge in [-0.3, -0.25) is 0 Å². The van der Waals surface area contributed by atoms with Crippen LogP contribution in [0.2, 0.25) is 0 Å². The number of hydrogen-bond acceptors (Lipinski definition) is 3. The third-order valence-electron chi connectivity index (χ3n) is 5.16. The first-order valence-electron chi connectivity index (χ1n) is 8.60. The molecular weight excluding hydrogens is 298 g/mol. The van der Waals surface area contributed by atoms with Gasteiger partial charge in [-0.05, 0) is 56.0 Å². The lowest BCUT2D eigenvalue weighted by atomic mass is 9.89. The molecule has 23 heavy (non-hydrogen) atoms. The Morgan fingerprint density at radius 3 is 2.52 bits per heavy atom. The fourth-order valence-corrected chi connectivity index (χ4v) is 3.62. The van der Waals surface area contributed by atoms with Crippen molar-refractivity contribution in [3.05, 3.63) is 35.6 Å². The van der Waals surface area contributed by atoms with Crippen LogP contribution >= 0.6 is 0 Å². The van der Waals surface area contributed by atoms with Gasteiger partial charge in [0.15, 0.2) is 0 Å². The molecule has 128 valence electrons. The Morgan fingerprint density at radius 2 is 1.83 bits per heavy atom. The number of nitrogens with two attached hydrogens (primary N) is 1. The second-order valence-corrected chi connectivity index (χ2v) is 6.87. The van der Waals surface area contributed by atoms with Crippen LogP contribution in [-0.4, -0.2) is 49.5 Å². The first kappa shape index (κ1) is 16.8. The maximum atomic E-state index is 13.7. The van der Waals surface area contributed by atoms with E-state index in [4.69, 9.17) is 10.5 Å². The zero-order valence-corrected chi connectivity index (χ0v) is 13.5. The summed E-state index contributed by atoms with van der Waals surface area (Å²) in [5.74, 6) is 0.449. The van der Waals surface area contributed by atoms with Crippen molar-refractivity contribution in [3.8, 4) is 0 Å². The van der Waals surface area contributed by atoms with Gasteiger partial charge in [-0.2, -0.15) is 0 Å². The minimum atomic E-state index is -0.940. The van der Waals surface area contributed by atoms with Crippen molar-refractivity contribution in [1.29, 1.82) is 0 Å². The molecule has 2 N–H and O–H groups in total. The minimum absolute atomic E-state index is 0.182. The van der Waals surface area contributed by atoms with E-state index in [-0.39, 0.29) is 11.9 Å². The van der Waals surface area contributed by atoms with Crippen LogP contribution in [0.5, 0.6) is 0 Å². The van der Waals surface area contributed by atoms with Gasteiger partial charge in [-0.15, -0.1) is 0 Å². The van der Waals surface area contributed by atoms with Gasteiger partial charge in [0, 0.05) is 19.6 Å². The zero-order valence-electron chi connectivity index (χ0n) is 13.5. The monoisotopic (exact) mass is 324 g/mol. The summed E-state index contributed by atoms with van der Waals surface area (Å²) in [6.07, 6.45) is 2.51. The number of hydrogen-bond donors (Lipinski definition) is 1. The molecule has 0 bridgehead atoms. The quantitative estimate of drug-likeness (QED) is 0.925. The molecular formula is C18H26F2N2O. The number of likely N-dealkylation sites (tertiary alicyclic amines) is 1. The number of rotatable bonds is 4. The first-order valence-corrected chi connectivity index (χ1v) is 8.60. The zero-order chi connectivity index (χ0) is 16.2. The molecule has 2 aliphatic heterocycles. The van der Waals surface area contributed by atoms with E-state index >= 15 is 0 Å². The molecule has 3 rings (SSSR count). The summed E-state index contributed by atoms with van der Waals surface area (Å²) >= 11 is 0. The van der Waals surface area contributed by atoms with E-state index in [1.807, 2.05) is 12.1 Å². The van der Waals surface area contributed by atoms with Gasteiger partial charge in [-0.1, -0.05) is 12.1 Å². The summed E-state index contributed by atoms with van der Waals surface area (Å²) in [7, 11) is 0. The molecule has 5 heteroatoms. The molecule has 3 atom stereocenters. The maximum Gasteiger partial charge on any atom is 0.123 e. The maximum absolute atomic E-state index is 13.7. The van der Waals surface area contributed by atoms with E-state index < -0.39 is 12.2 Å². The number of ether oxygens (including phenoxy) is 1. The van der Waals surface area contributed by atoms with Crippen molar-refractivity contribution >= 4 is 0 Å². The van der Waals surface area contributed by atoms with Crippen molar-refractivity contribution in [1.82, 2.24) is 4.90 Å². The second-order valence-electron chi connectivity index (χ2n) is 6.87. The van der Waals surface area contributed by atoms with Crippen LogP contribution in [0.1, 0.15) is 24.8 Å². The Hall–Kier alpha value is -1.04. The molecule has 0 spiro atoms. The van der Waals surface area contributed by atoms with E-state index in [1.165, 1.54) is 17.7 Å². The van der Waals surface area contributed by atoms with Crippen LogP contribution in [0, 0.1) is 11.7 Å². The molecule has 0 aliphatic carbocycles. The van der Waals surface area contributed by atoms with Crippen molar-refractivity contribution in [2.75, 3.05) is 26.2 Å². The summed E-state index contributed by atoms with van der Waals surface area (Å²) < 4.78 is 32.3. The highest BCUT2D eigenvalue weighted by Gasteiger charge is 2.33. The molecule has 0 amide bonds. The number of nitrogens with zero attached hydrogens (tertiary/aromatic N) is 1. The summed E-state index contributed by atoms with van der Waals surface area (Å²) in [6, 6.07) is 6.30. The highest BCUT2D eigenvalue weighted by molar-refractivity contribution is 5.16. The van der Waals surface area contributed by atoms with Crippen LogP contribution in [0.15, 0.2) is 24.3 Å². The fourth-order valence-electron chi connectivity index (χ4n) is 3.62. The van der Waals surface area contributed by atoms with Crippen LogP contribution in [0.3, 0.4) is 0 Å². The van der Waals surface area contributed by atoms with E-state index in [0.717, 1.165) is 38.9 Å². The van der Waals surface area contributed by atoms with Gasteiger partial charge in [0.05, 0.1) is 12.1 Å². The molecule has 2 fully saturated rings. The Morgan fingerprint density at radius 1 is 1.13 bits per heavy atom. The molecule has 0 radical (unpaired) electrons. The Bertz CT molecular complexity index is 488. The van der Waals surface area contributed by atoms with Crippen molar-refractivity contribution in [2.24, 2.45) is 11.7 Å². The normalized spacial score (nSPS) is 30.5. The third-order valence-corrected chi connectivity index (χ3v) is 5.16. The summed E-state index contributed by atoms with van der Waals surface area (Å²) in [4.78, 5) is 2.34. The number of piperidine rings is 1. The fraction of sp³-hybridized carbons (Fsp3) is 0.667. The standard InChI is InChI=1S/C18H26F2N2O/c19-15-3-1-13(2-4-15)11-14-5-8-22(9-6-14)12-17-18(21)16(20)7-10-23-17/h1-4,14,16-18H,5-12,21H2. The van der Waals surface area contributed by atoms with Gasteiger partial charge in [0.2, 0.25) is 0 Å². The number of alkyl halides is 1. The molecule has 1 aromatic carbocycles. The smallest absolute Gasteiger partial charge is 0.123 e.